The van der Waals surface area contributed by atoms with Crippen molar-refractivity contribution in [3.05, 3.63) is 83.5 Å². The van der Waals surface area contributed by atoms with Crippen LogP contribution in [0, 0.1) is 5.82 Å². The molecule has 0 fully saturated rings. The molecule has 26 heavy (non-hydrogen) atoms. The zero-order valence-electron chi connectivity index (χ0n) is 16.0. The SMILES string of the molecule is C\C=C/N=C/C(NC(C)c1ccc(-c2ccccc2F)cc1)=C(\C)CC. The Hall–Kier alpha value is -2.68. The smallest absolute Gasteiger partial charge is 0.131 e. The Balaban J connectivity index is 2.18. The Labute approximate surface area is 156 Å². The Kier molecular flexibility index (Phi) is 7.34. The Morgan fingerprint density at radius 1 is 1.15 bits per heavy atom. The molecule has 0 radical (unpaired) electrons. The van der Waals surface area contributed by atoms with Crippen molar-refractivity contribution in [2.24, 2.45) is 4.99 Å². The van der Waals surface area contributed by atoms with E-state index in [1.165, 1.54) is 11.6 Å². The molecule has 136 valence electrons. The van der Waals surface area contributed by atoms with Gasteiger partial charge in [0.1, 0.15) is 5.82 Å². The molecule has 0 aliphatic rings. The van der Waals surface area contributed by atoms with Crippen LogP contribution in [0.3, 0.4) is 0 Å². The van der Waals surface area contributed by atoms with Crippen LogP contribution in [-0.2, 0) is 0 Å². The standard InChI is InChI=1S/C23H27FN2/c1-5-15-25-16-23(17(3)6-2)26-18(4)19-11-13-20(14-12-19)21-9-7-8-10-22(21)24/h5,7-16,18,26H,6H2,1-4H3/b15-5-,23-17-,25-16+. The van der Waals surface area contributed by atoms with Crippen molar-refractivity contribution in [1.29, 1.82) is 0 Å². The van der Waals surface area contributed by atoms with E-state index in [1.54, 1.807) is 18.3 Å². The monoisotopic (exact) mass is 350 g/mol. The van der Waals surface area contributed by atoms with Gasteiger partial charge in [-0.25, -0.2) is 4.39 Å². The molecule has 0 aliphatic heterocycles. The van der Waals surface area contributed by atoms with E-state index < -0.39 is 0 Å². The minimum absolute atomic E-state index is 0.123. The van der Waals surface area contributed by atoms with E-state index in [0.29, 0.717) is 5.56 Å². The number of hydrogen-bond acceptors (Lipinski definition) is 2. The number of allylic oxidation sites excluding steroid dienone is 3. The van der Waals surface area contributed by atoms with E-state index in [1.807, 2.05) is 49.5 Å². The molecule has 1 atom stereocenters. The van der Waals surface area contributed by atoms with E-state index >= 15 is 0 Å². The summed E-state index contributed by atoms with van der Waals surface area (Å²) in [6.45, 7) is 8.30. The predicted molar refractivity (Wildman–Crippen MR) is 110 cm³/mol. The van der Waals surface area contributed by atoms with Gasteiger partial charge >= 0.3 is 0 Å². The van der Waals surface area contributed by atoms with Crippen LogP contribution in [0.2, 0.25) is 0 Å². The molecule has 1 unspecified atom stereocenters. The number of nitrogens with zero attached hydrogens (tertiary/aromatic N) is 1. The second kappa shape index (κ2) is 9.71. The Bertz CT molecular complexity index is 801. The van der Waals surface area contributed by atoms with E-state index in [0.717, 1.165) is 23.2 Å². The quantitative estimate of drug-likeness (QED) is 0.572. The fourth-order valence-corrected chi connectivity index (χ4v) is 2.63. The van der Waals surface area contributed by atoms with Gasteiger partial charge < -0.3 is 5.32 Å². The minimum Gasteiger partial charge on any atom is -0.377 e. The van der Waals surface area contributed by atoms with Crippen molar-refractivity contribution >= 4 is 6.21 Å². The zero-order valence-corrected chi connectivity index (χ0v) is 16.0. The number of hydrogen-bond donors (Lipinski definition) is 1. The van der Waals surface area contributed by atoms with E-state index in [2.05, 4.69) is 31.1 Å². The van der Waals surface area contributed by atoms with Crippen molar-refractivity contribution in [3.63, 3.8) is 0 Å². The molecular weight excluding hydrogens is 323 g/mol. The fraction of sp³-hybridized carbons (Fsp3) is 0.261. The topological polar surface area (TPSA) is 24.4 Å². The third kappa shape index (κ3) is 5.16. The zero-order chi connectivity index (χ0) is 18.9. The van der Waals surface area contributed by atoms with Gasteiger partial charge in [0.25, 0.3) is 0 Å². The molecule has 2 aromatic carbocycles. The van der Waals surface area contributed by atoms with Gasteiger partial charge in [-0.2, -0.15) is 0 Å². The summed E-state index contributed by atoms with van der Waals surface area (Å²) in [6.07, 6.45) is 6.50. The van der Waals surface area contributed by atoms with Crippen LogP contribution in [0.1, 0.15) is 45.7 Å². The third-order valence-corrected chi connectivity index (χ3v) is 4.40. The van der Waals surface area contributed by atoms with Gasteiger partial charge in [0.2, 0.25) is 0 Å². The first-order valence-electron chi connectivity index (χ1n) is 9.02. The maximum absolute atomic E-state index is 13.9. The van der Waals surface area contributed by atoms with Crippen LogP contribution in [0.4, 0.5) is 4.39 Å². The summed E-state index contributed by atoms with van der Waals surface area (Å²) < 4.78 is 13.9. The number of halogens is 1. The highest BCUT2D eigenvalue weighted by molar-refractivity contribution is 5.79. The molecule has 0 bridgehead atoms. The Morgan fingerprint density at radius 3 is 2.46 bits per heavy atom. The summed E-state index contributed by atoms with van der Waals surface area (Å²) in [7, 11) is 0. The largest absolute Gasteiger partial charge is 0.377 e. The van der Waals surface area contributed by atoms with Gasteiger partial charge in [0, 0.05) is 24.0 Å². The summed E-state index contributed by atoms with van der Waals surface area (Å²) in [6, 6.07) is 15.0. The molecule has 0 spiro atoms. The van der Waals surface area contributed by atoms with Gasteiger partial charge in [-0.15, -0.1) is 0 Å². The average molecular weight is 350 g/mol. The lowest BCUT2D eigenvalue weighted by Crippen LogP contribution is -2.20. The first-order valence-corrected chi connectivity index (χ1v) is 9.02. The lowest BCUT2D eigenvalue weighted by molar-refractivity contribution is 0.631. The number of aliphatic imine (C=N–C) groups is 1. The average Bonchev–Trinajstić information content (AvgIpc) is 2.67. The van der Waals surface area contributed by atoms with E-state index in [4.69, 9.17) is 0 Å². The normalized spacial score (nSPS) is 13.9. The highest BCUT2D eigenvalue weighted by atomic mass is 19.1. The molecular formula is C23H27FN2. The Morgan fingerprint density at radius 2 is 1.85 bits per heavy atom. The van der Waals surface area contributed by atoms with Crippen LogP contribution in [-0.4, -0.2) is 6.21 Å². The molecule has 2 nitrogen and oxygen atoms in total. The predicted octanol–water partition coefficient (Wildman–Crippen LogP) is 6.43. The van der Waals surface area contributed by atoms with Gasteiger partial charge in [0.05, 0.1) is 5.70 Å². The summed E-state index contributed by atoms with van der Waals surface area (Å²) in [5.74, 6) is -0.199. The summed E-state index contributed by atoms with van der Waals surface area (Å²) in [5.41, 5.74) is 4.95. The lowest BCUT2D eigenvalue weighted by atomic mass is 10.0. The summed E-state index contributed by atoms with van der Waals surface area (Å²) in [4.78, 5) is 4.30. The van der Waals surface area contributed by atoms with Gasteiger partial charge in [-0.05, 0) is 50.0 Å². The van der Waals surface area contributed by atoms with E-state index in [9.17, 15) is 4.39 Å². The van der Waals surface area contributed by atoms with Crippen molar-refractivity contribution < 1.29 is 4.39 Å². The summed E-state index contributed by atoms with van der Waals surface area (Å²) >= 11 is 0. The molecule has 0 saturated carbocycles. The van der Waals surface area contributed by atoms with Crippen molar-refractivity contribution in [3.8, 4) is 11.1 Å². The summed E-state index contributed by atoms with van der Waals surface area (Å²) in [5, 5.41) is 3.54. The first-order chi connectivity index (χ1) is 12.6. The fourth-order valence-electron chi connectivity index (χ4n) is 2.63. The van der Waals surface area contributed by atoms with Gasteiger partial charge in [-0.3, -0.25) is 4.99 Å². The molecule has 0 aromatic heterocycles. The first kappa shape index (κ1) is 19.6. The van der Waals surface area contributed by atoms with Crippen molar-refractivity contribution in [1.82, 2.24) is 5.32 Å². The molecule has 1 N–H and O–H groups in total. The van der Waals surface area contributed by atoms with Crippen LogP contribution in [0.25, 0.3) is 11.1 Å². The molecule has 0 heterocycles. The molecule has 3 heteroatoms. The van der Waals surface area contributed by atoms with Crippen LogP contribution < -0.4 is 5.32 Å². The minimum atomic E-state index is -0.199. The van der Waals surface area contributed by atoms with Gasteiger partial charge in [-0.1, -0.05) is 55.5 Å². The van der Waals surface area contributed by atoms with Crippen molar-refractivity contribution in [2.75, 3.05) is 0 Å². The van der Waals surface area contributed by atoms with Crippen molar-refractivity contribution in [2.45, 2.75) is 40.2 Å². The van der Waals surface area contributed by atoms with Gasteiger partial charge in [0.15, 0.2) is 0 Å². The van der Waals surface area contributed by atoms with Crippen LogP contribution >= 0.6 is 0 Å². The number of nitrogens with one attached hydrogen (secondary N) is 1. The van der Waals surface area contributed by atoms with E-state index in [-0.39, 0.29) is 11.9 Å². The third-order valence-electron chi connectivity index (χ3n) is 4.40. The number of benzene rings is 2. The number of rotatable bonds is 7. The molecule has 0 saturated heterocycles. The molecule has 0 amide bonds. The molecule has 2 rings (SSSR count). The second-order valence-corrected chi connectivity index (χ2v) is 6.28. The van der Waals surface area contributed by atoms with Crippen LogP contribution in [0.15, 0.2) is 77.1 Å². The maximum Gasteiger partial charge on any atom is 0.131 e. The highest BCUT2D eigenvalue weighted by Crippen LogP contribution is 2.24. The lowest BCUT2D eigenvalue weighted by Gasteiger charge is -2.18. The maximum atomic E-state index is 13.9. The van der Waals surface area contributed by atoms with Crippen LogP contribution in [0.5, 0.6) is 0 Å². The molecule has 2 aromatic rings. The second-order valence-electron chi connectivity index (χ2n) is 6.28. The molecule has 0 aliphatic carbocycles. The highest BCUT2D eigenvalue weighted by Gasteiger charge is 2.09.